The van der Waals surface area contributed by atoms with Gasteiger partial charge in [-0.3, -0.25) is 9.78 Å². The van der Waals surface area contributed by atoms with E-state index in [1.807, 2.05) is 80.0 Å². The van der Waals surface area contributed by atoms with Gasteiger partial charge >= 0.3 is 0 Å². The van der Waals surface area contributed by atoms with Gasteiger partial charge in [-0.05, 0) is 34.9 Å². The highest BCUT2D eigenvalue weighted by atomic mass is 16.2. The van der Waals surface area contributed by atoms with Crippen LogP contribution in [0.5, 0.6) is 0 Å². The van der Waals surface area contributed by atoms with Crippen molar-refractivity contribution in [3.63, 3.8) is 0 Å². The fraction of sp³-hybridized carbons (Fsp3) is 0.182. The summed E-state index contributed by atoms with van der Waals surface area (Å²) in [5.74, 6) is 0.116. The van der Waals surface area contributed by atoms with Gasteiger partial charge in [0, 0.05) is 38.2 Å². The van der Waals surface area contributed by atoms with Crippen molar-refractivity contribution >= 4 is 11.6 Å². The van der Waals surface area contributed by atoms with E-state index in [0.717, 1.165) is 28.9 Å². The molecular formula is C22H23N3O. The Morgan fingerprint density at radius 2 is 1.65 bits per heavy atom. The van der Waals surface area contributed by atoms with Gasteiger partial charge in [-0.15, -0.1) is 0 Å². The number of nitrogens with zero attached hydrogens (tertiary/aromatic N) is 2. The summed E-state index contributed by atoms with van der Waals surface area (Å²) in [5.41, 5.74) is 4.32. The van der Waals surface area contributed by atoms with Crippen molar-refractivity contribution in [1.82, 2.24) is 9.88 Å². The Morgan fingerprint density at radius 3 is 2.35 bits per heavy atom. The Morgan fingerprint density at radius 1 is 0.923 bits per heavy atom. The van der Waals surface area contributed by atoms with Crippen LogP contribution in [-0.4, -0.2) is 22.8 Å². The molecule has 2 aromatic carbocycles. The highest BCUT2D eigenvalue weighted by Crippen LogP contribution is 2.13. The lowest BCUT2D eigenvalue weighted by molar-refractivity contribution is -0.129. The molecule has 0 unspecified atom stereocenters. The molecule has 0 saturated heterocycles. The number of likely N-dealkylation sites (N-methyl/N-ethyl adjacent to an activating group) is 1. The fourth-order valence-electron chi connectivity index (χ4n) is 2.70. The second-order valence-corrected chi connectivity index (χ2v) is 6.32. The van der Waals surface area contributed by atoms with E-state index in [4.69, 9.17) is 0 Å². The van der Waals surface area contributed by atoms with Gasteiger partial charge in [0.2, 0.25) is 5.91 Å². The average Bonchev–Trinajstić information content (AvgIpc) is 2.69. The van der Waals surface area contributed by atoms with Crippen molar-refractivity contribution in [2.24, 2.45) is 0 Å². The number of anilines is 1. The summed E-state index contributed by atoms with van der Waals surface area (Å²) >= 11 is 0. The maximum absolute atomic E-state index is 12.4. The Kier molecular flexibility index (Phi) is 5.99. The first kappa shape index (κ1) is 17.7. The molecular weight excluding hydrogens is 322 g/mol. The molecule has 3 rings (SSSR count). The van der Waals surface area contributed by atoms with Crippen LogP contribution < -0.4 is 5.32 Å². The number of nitrogens with one attached hydrogen (secondary N) is 1. The molecule has 1 N–H and O–H groups in total. The van der Waals surface area contributed by atoms with Crippen LogP contribution in [0.25, 0.3) is 0 Å². The molecule has 0 fully saturated rings. The normalized spacial score (nSPS) is 10.3. The van der Waals surface area contributed by atoms with Crippen molar-refractivity contribution < 1.29 is 4.79 Å². The largest absolute Gasteiger partial charge is 0.381 e. The number of aromatic nitrogens is 1. The van der Waals surface area contributed by atoms with Crippen LogP contribution in [0.3, 0.4) is 0 Å². The maximum atomic E-state index is 12.4. The molecule has 4 heteroatoms. The van der Waals surface area contributed by atoms with Gasteiger partial charge in [0.1, 0.15) is 0 Å². The van der Waals surface area contributed by atoms with E-state index in [1.165, 1.54) is 0 Å². The third-order valence-corrected chi connectivity index (χ3v) is 4.22. The molecule has 3 aromatic rings. The third-order valence-electron chi connectivity index (χ3n) is 4.22. The van der Waals surface area contributed by atoms with E-state index < -0.39 is 0 Å². The molecule has 4 nitrogen and oxygen atoms in total. The minimum atomic E-state index is 0.116. The monoisotopic (exact) mass is 345 g/mol. The number of benzene rings is 2. The molecule has 1 amide bonds. The summed E-state index contributed by atoms with van der Waals surface area (Å²) in [6.07, 6.45) is 4.03. The average molecular weight is 345 g/mol. The molecule has 1 heterocycles. The van der Waals surface area contributed by atoms with Crippen molar-refractivity contribution in [3.8, 4) is 0 Å². The summed E-state index contributed by atoms with van der Waals surface area (Å²) in [4.78, 5) is 18.3. The van der Waals surface area contributed by atoms with E-state index >= 15 is 0 Å². The lowest BCUT2D eigenvalue weighted by Gasteiger charge is -2.17. The van der Waals surface area contributed by atoms with Gasteiger partial charge in [0.25, 0.3) is 0 Å². The zero-order chi connectivity index (χ0) is 18.2. The lowest BCUT2D eigenvalue weighted by atomic mass is 10.1. The number of amides is 1. The van der Waals surface area contributed by atoms with Crippen molar-refractivity contribution in [2.45, 2.75) is 19.5 Å². The first-order valence-electron chi connectivity index (χ1n) is 8.70. The van der Waals surface area contributed by atoms with E-state index in [0.29, 0.717) is 13.0 Å². The Hall–Kier alpha value is -3.14. The quantitative estimate of drug-likeness (QED) is 0.706. The standard InChI is InChI=1S/C22H23N3O/c1-25(17-19-6-3-2-4-7-19)22(26)14-18-9-11-21(12-10-18)24-16-20-8-5-13-23-15-20/h2-13,15,24H,14,16-17H2,1H3. The Labute approximate surface area is 154 Å². The second-order valence-electron chi connectivity index (χ2n) is 6.32. The van der Waals surface area contributed by atoms with Gasteiger partial charge in [-0.25, -0.2) is 0 Å². The molecule has 1 aromatic heterocycles. The van der Waals surface area contributed by atoms with Crippen LogP contribution in [-0.2, 0) is 24.3 Å². The smallest absolute Gasteiger partial charge is 0.227 e. The predicted octanol–water partition coefficient (Wildman–Crippen LogP) is 3.89. The molecule has 0 bridgehead atoms. The predicted molar refractivity (Wildman–Crippen MR) is 105 cm³/mol. The zero-order valence-electron chi connectivity index (χ0n) is 14.9. The molecule has 132 valence electrons. The second kappa shape index (κ2) is 8.81. The summed E-state index contributed by atoms with van der Waals surface area (Å²) in [5, 5.41) is 3.36. The van der Waals surface area contributed by atoms with Crippen molar-refractivity contribution in [1.29, 1.82) is 0 Å². The van der Waals surface area contributed by atoms with Gasteiger partial charge in [0.05, 0.1) is 6.42 Å². The van der Waals surface area contributed by atoms with E-state index in [2.05, 4.69) is 10.3 Å². The first-order chi connectivity index (χ1) is 12.7. The fourth-order valence-corrected chi connectivity index (χ4v) is 2.70. The van der Waals surface area contributed by atoms with Crippen LogP contribution in [0.15, 0.2) is 79.1 Å². The highest BCUT2D eigenvalue weighted by molar-refractivity contribution is 5.78. The number of hydrogen-bond acceptors (Lipinski definition) is 3. The lowest BCUT2D eigenvalue weighted by Crippen LogP contribution is -2.27. The van der Waals surface area contributed by atoms with Gasteiger partial charge in [-0.1, -0.05) is 48.5 Å². The number of pyridine rings is 1. The zero-order valence-corrected chi connectivity index (χ0v) is 14.9. The van der Waals surface area contributed by atoms with Crippen LogP contribution in [0.1, 0.15) is 16.7 Å². The Balaban J connectivity index is 1.51. The highest BCUT2D eigenvalue weighted by Gasteiger charge is 2.10. The number of carbonyl (C=O) groups excluding carboxylic acids is 1. The topological polar surface area (TPSA) is 45.2 Å². The molecule has 0 atom stereocenters. The maximum Gasteiger partial charge on any atom is 0.227 e. The van der Waals surface area contributed by atoms with E-state index in [9.17, 15) is 4.79 Å². The van der Waals surface area contributed by atoms with Gasteiger partial charge in [-0.2, -0.15) is 0 Å². The van der Waals surface area contributed by atoms with Crippen molar-refractivity contribution in [2.75, 3.05) is 12.4 Å². The molecule has 0 radical (unpaired) electrons. The van der Waals surface area contributed by atoms with Crippen LogP contribution >= 0.6 is 0 Å². The third kappa shape index (κ3) is 5.18. The molecule has 0 aliphatic rings. The number of carbonyl (C=O) groups is 1. The van der Waals surface area contributed by atoms with Crippen LogP contribution in [0, 0.1) is 0 Å². The molecule has 26 heavy (non-hydrogen) atoms. The summed E-state index contributed by atoms with van der Waals surface area (Å²) in [6.45, 7) is 1.36. The minimum absolute atomic E-state index is 0.116. The van der Waals surface area contributed by atoms with Crippen molar-refractivity contribution in [3.05, 3.63) is 95.8 Å². The van der Waals surface area contributed by atoms with Gasteiger partial charge in [0.15, 0.2) is 0 Å². The van der Waals surface area contributed by atoms with Crippen LogP contribution in [0.4, 0.5) is 5.69 Å². The number of rotatable bonds is 7. The summed E-state index contributed by atoms with van der Waals surface area (Å²) in [7, 11) is 1.85. The van der Waals surface area contributed by atoms with E-state index in [-0.39, 0.29) is 5.91 Å². The summed E-state index contributed by atoms with van der Waals surface area (Å²) in [6, 6.07) is 22.0. The van der Waals surface area contributed by atoms with Crippen LogP contribution in [0.2, 0.25) is 0 Å². The van der Waals surface area contributed by atoms with E-state index in [1.54, 1.807) is 11.1 Å². The Bertz CT molecular complexity index is 817. The molecule has 0 aliphatic heterocycles. The molecule has 0 aliphatic carbocycles. The van der Waals surface area contributed by atoms with Gasteiger partial charge < -0.3 is 10.2 Å². The summed E-state index contributed by atoms with van der Waals surface area (Å²) < 4.78 is 0. The SMILES string of the molecule is CN(Cc1ccccc1)C(=O)Cc1ccc(NCc2cccnc2)cc1. The number of hydrogen-bond donors (Lipinski definition) is 1. The molecule has 0 spiro atoms. The first-order valence-corrected chi connectivity index (χ1v) is 8.70. The minimum Gasteiger partial charge on any atom is -0.381 e. The molecule has 0 saturated carbocycles.